The van der Waals surface area contributed by atoms with E-state index >= 15 is 0 Å². The molecule has 0 aromatic carbocycles. The Morgan fingerprint density at radius 3 is 2.93 bits per heavy atom. The van der Waals surface area contributed by atoms with E-state index in [4.69, 9.17) is 4.74 Å². The Morgan fingerprint density at radius 1 is 1.40 bits per heavy atom. The van der Waals surface area contributed by atoms with Crippen LogP contribution in [0.3, 0.4) is 0 Å². The van der Waals surface area contributed by atoms with Gasteiger partial charge in [0.2, 0.25) is 0 Å². The van der Waals surface area contributed by atoms with Gasteiger partial charge in [-0.2, -0.15) is 0 Å². The minimum Gasteiger partial charge on any atom is -0.379 e. The summed E-state index contributed by atoms with van der Waals surface area (Å²) in [4.78, 5) is 1.46. The molecule has 1 heterocycles. The van der Waals surface area contributed by atoms with Gasteiger partial charge in [0.25, 0.3) is 0 Å². The molecule has 1 N–H and O–H groups in total. The first-order chi connectivity index (χ1) is 7.29. The number of hydrogen-bond acceptors (Lipinski definition) is 3. The van der Waals surface area contributed by atoms with E-state index in [0.29, 0.717) is 6.10 Å². The minimum absolute atomic E-state index is 0.358. The predicted molar refractivity (Wildman–Crippen MR) is 66.6 cm³/mol. The highest BCUT2D eigenvalue weighted by atomic mass is 32.1. The topological polar surface area (TPSA) is 21.3 Å². The van der Waals surface area contributed by atoms with E-state index in [-0.39, 0.29) is 0 Å². The molecule has 0 aliphatic carbocycles. The summed E-state index contributed by atoms with van der Waals surface area (Å²) in [5.41, 5.74) is 0. The van der Waals surface area contributed by atoms with E-state index in [1.54, 1.807) is 0 Å². The largest absolute Gasteiger partial charge is 0.379 e. The molecule has 0 aliphatic heterocycles. The second kappa shape index (κ2) is 7.85. The summed E-state index contributed by atoms with van der Waals surface area (Å²) in [6, 6.07) is 4.30. The van der Waals surface area contributed by atoms with Crippen LogP contribution in [0.1, 0.15) is 25.1 Å². The van der Waals surface area contributed by atoms with Gasteiger partial charge in [0.15, 0.2) is 0 Å². The van der Waals surface area contributed by atoms with Crippen LogP contribution >= 0.6 is 11.3 Å². The number of rotatable bonds is 8. The molecule has 1 aromatic rings. The van der Waals surface area contributed by atoms with Crippen LogP contribution in [-0.2, 0) is 11.2 Å². The van der Waals surface area contributed by atoms with Crippen molar-refractivity contribution >= 4 is 11.3 Å². The summed E-state index contributed by atoms with van der Waals surface area (Å²) in [7, 11) is 0. The van der Waals surface area contributed by atoms with Gasteiger partial charge in [-0.1, -0.05) is 6.07 Å². The third-order valence-electron chi connectivity index (χ3n) is 2.08. The van der Waals surface area contributed by atoms with Crippen molar-refractivity contribution in [3.8, 4) is 0 Å². The van der Waals surface area contributed by atoms with Gasteiger partial charge in [-0.25, -0.2) is 0 Å². The quantitative estimate of drug-likeness (QED) is 0.689. The third kappa shape index (κ3) is 6.66. The molecule has 3 heteroatoms. The van der Waals surface area contributed by atoms with Crippen LogP contribution in [0, 0.1) is 0 Å². The highest BCUT2D eigenvalue weighted by molar-refractivity contribution is 7.09. The van der Waals surface area contributed by atoms with E-state index in [1.807, 2.05) is 11.3 Å². The Hall–Kier alpha value is -0.380. The lowest BCUT2D eigenvalue weighted by atomic mass is 10.3. The fourth-order valence-electron chi connectivity index (χ4n) is 1.31. The van der Waals surface area contributed by atoms with Crippen LogP contribution < -0.4 is 5.32 Å². The van der Waals surface area contributed by atoms with Crippen LogP contribution in [0.4, 0.5) is 0 Å². The highest BCUT2D eigenvalue weighted by Gasteiger charge is 1.94. The van der Waals surface area contributed by atoms with Crippen LogP contribution in [0.25, 0.3) is 0 Å². The summed E-state index contributed by atoms with van der Waals surface area (Å²) in [6.45, 7) is 7.14. The number of thiophene rings is 1. The lowest BCUT2D eigenvalue weighted by Gasteiger charge is -2.07. The second-order valence-corrected chi connectivity index (χ2v) is 4.88. The first-order valence-electron chi connectivity index (χ1n) is 5.63. The summed E-state index contributed by atoms with van der Waals surface area (Å²) in [5.74, 6) is 0. The second-order valence-electron chi connectivity index (χ2n) is 3.85. The lowest BCUT2D eigenvalue weighted by molar-refractivity contribution is 0.0771. The minimum atomic E-state index is 0.358. The summed E-state index contributed by atoms with van der Waals surface area (Å²) in [6.07, 6.45) is 2.60. The zero-order chi connectivity index (χ0) is 10.9. The molecule has 0 atom stereocenters. The van der Waals surface area contributed by atoms with Crippen LogP contribution in [0.5, 0.6) is 0 Å². The Bertz CT molecular complexity index is 234. The van der Waals surface area contributed by atoms with Gasteiger partial charge in [0.05, 0.1) is 6.10 Å². The van der Waals surface area contributed by atoms with Crippen molar-refractivity contribution in [2.24, 2.45) is 0 Å². The first kappa shape index (κ1) is 12.7. The molecule has 2 nitrogen and oxygen atoms in total. The molecule has 0 amide bonds. The van der Waals surface area contributed by atoms with Crippen molar-refractivity contribution in [3.63, 3.8) is 0 Å². The molecule has 15 heavy (non-hydrogen) atoms. The Labute approximate surface area is 96.7 Å². The lowest BCUT2D eigenvalue weighted by Crippen LogP contribution is -2.20. The molecule has 86 valence electrons. The van der Waals surface area contributed by atoms with Gasteiger partial charge < -0.3 is 10.1 Å². The Kier molecular flexibility index (Phi) is 6.64. The summed E-state index contributed by atoms with van der Waals surface area (Å²) in [5, 5.41) is 5.55. The maximum Gasteiger partial charge on any atom is 0.0518 e. The van der Waals surface area contributed by atoms with E-state index in [9.17, 15) is 0 Å². The fraction of sp³-hybridized carbons (Fsp3) is 0.667. The summed E-state index contributed by atoms with van der Waals surface area (Å²) < 4.78 is 5.46. The van der Waals surface area contributed by atoms with Crippen molar-refractivity contribution in [1.82, 2.24) is 5.32 Å². The smallest absolute Gasteiger partial charge is 0.0518 e. The molecule has 0 aliphatic rings. The van der Waals surface area contributed by atoms with Gasteiger partial charge in [-0.3, -0.25) is 0 Å². The number of ether oxygens (including phenoxy) is 1. The van der Waals surface area contributed by atoms with Gasteiger partial charge in [-0.15, -0.1) is 11.3 Å². The van der Waals surface area contributed by atoms with E-state index in [1.165, 1.54) is 4.88 Å². The standard InChI is InChI=1S/C12H21NOS/c1-11(2)14-9-4-7-13-8-6-12-5-3-10-15-12/h3,5,10-11,13H,4,6-9H2,1-2H3. The van der Waals surface area contributed by atoms with Crippen molar-refractivity contribution in [1.29, 1.82) is 0 Å². The van der Waals surface area contributed by atoms with Crippen LogP contribution in [0.15, 0.2) is 17.5 Å². The van der Waals surface area contributed by atoms with Gasteiger partial charge >= 0.3 is 0 Å². The molecular formula is C12H21NOS. The molecule has 0 saturated carbocycles. The van der Waals surface area contributed by atoms with Crippen molar-refractivity contribution in [3.05, 3.63) is 22.4 Å². The molecule has 0 radical (unpaired) electrons. The molecule has 0 spiro atoms. The van der Waals surface area contributed by atoms with Crippen molar-refractivity contribution < 1.29 is 4.74 Å². The number of nitrogens with one attached hydrogen (secondary N) is 1. The highest BCUT2D eigenvalue weighted by Crippen LogP contribution is 2.07. The van der Waals surface area contributed by atoms with E-state index < -0.39 is 0 Å². The zero-order valence-electron chi connectivity index (χ0n) is 9.66. The average molecular weight is 227 g/mol. The first-order valence-corrected chi connectivity index (χ1v) is 6.51. The van der Waals surface area contributed by atoms with Crippen molar-refractivity contribution in [2.45, 2.75) is 32.8 Å². The maximum atomic E-state index is 5.46. The maximum absolute atomic E-state index is 5.46. The van der Waals surface area contributed by atoms with E-state index in [0.717, 1.165) is 32.5 Å². The normalized spacial score (nSPS) is 11.1. The average Bonchev–Trinajstić information content (AvgIpc) is 2.68. The fourth-order valence-corrected chi connectivity index (χ4v) is 2.02. The monoisotopic (exact) mass is 227 g/mol. The van der Waals surface area contributed by atoms with Gasteiger partial charge in [0, 0.05) is 11.5 Å². The zero-order valence-corrected chi connectivity index (χ0v) is 10.5. The van der Waals surface area contributed by atoms with Crippen molar-refractivity contribution in [2.75, 3.05) is 19.7 Å². The molecule has 0 bridgehead atoms. The van der Waals surface area contributed by atoms with Gasteiger partial charge in [-0.05, 0) is 51.2 Å². The molecule has 1 rings (SSSR count). The Balaban J connectivity index is 1.85. The predicted octanol–water partition coefficient (Wildman–Crippen LogP) is 2.70. The molecule has 0 saturated heterocycles. The molecule has 1 aromatic heterocycles. The Morgan fingerprint density at radius 2 is 2.27 bits per heavy atom. The number of hydrogen-bond donors (Lipinski definition) is 1. The van der Waals surface area contributed by atoms with Crippen LogP contribution in [-0.4, -0.2) is 25.8 Å². The molecular weight excluding hydrogens is 206 g/mol. The third-order valence-corrected chi connectivity index (χ3v) is 3.01. The summed E-state index contributed by atoms with van der Waals surface area (Å²) >= 11 is 1.83. The van der Waals surface area contributed by atoms with Crippen LogP contribution in [0.2, 0.25) is 0 Å². The molecule has 0 fully saturated rings. The molecule has 0 unspecified atom stereocenters. The SMILES string of the molecule is CC(C)OCCCNCCc1cccs1. The van der Waals surface area contributed by atoms with E-state index in [2.05, 4.69) is 36.7 Å². The van der Waals surface area contributed by atoms with Gasteiger partial charge in [0.1, 0.15) is 0 Å².